The van der Waals surface area contributed by atoms with Gasteiger partial charge in [-0.15, -0.1) is 0 Å². The zero-order valence-electron chi connectivity index (χ0n) is 12.8. The number of nitrogens with zero attached hydrogens (tertiary/aromatic N) is 1. The van der Waals surface area contributed by atoms with Gasteiger partial charge in [0.25, 0.3) is 0 Å². The van der Waals surface area contributed by atoms with Crippen molar-refractivity contribution >= 4 is 0 Å². The number of hydrogen-bond acceptors (Lipinski definition) is 5. The number of hydrogen-bond donors (Lipinski definition) is 2. The molecule has 0 spiro atoms. The van der Waals surface area contributed by atoms with Crippen LogP contribution in [0.5, 0.6) is 11.5 Å². The van der Waals surface area contributed by atoms with Crippen LogP contribution in [0.25, 0.3) is 0 Å². The van der Waals surface area contributed by atoms with Crippen molar-refractivity contribution in [1.29, 1.82) is 0 Å². The zero-order chi connectivity index (χ0) is 16.2. The van der Waals surface area contributed by atoms with Gasteiger partial charge in [-0.3, -0.25) is 4.98 Å². The van der Waals surface area contributed by atoms with E-state index in [0.29, 0.717) is 18.8 Å². The van der Waals surface area contributed by atoms with Gasteiger partial charge in [0.1, 0.15) is 23.4 Å². The van der Waals surface area contributed by atoms with E-state index >= 15 is 0 Å². The van der Waals surface area contributed by atoms with E-state index < -0.39 is 11.9 Å². The van der Waals surface area contributed by atoms with E-state index in [4.69, 9.17) is 9.47 Å². The fourth-order valence-electron chi connectivity index (χ4n) is 2.65. The number of fused-ring (bicyclic) bond motifs is 1. The molecule has 23 heavy (non-hydrogen) atoms. The third-order valence-corrected chi connectivity index (χ3v) is 3.91. The van der Waals surface area contributed by atoms with Gasteiger partial charge < -0.3 is 19.9 Å². The van der Waals surface area contributed by atoms with E-state index in [9.17, 15) is 9.50 Å². The molecule has 1 aromatic heterocycles. The highest BCUT2D eigenvalue weighted by atomic mass is 19.1. The van der Waals surface area contributed by atoms with Crippen LogP contribution in [0, 0.1) is 5.82 Å². The van der Waals surface area contributed by atoms with Crippen LogP contribution in [0.2, 0.25) is 0 Å². The Morgan fingerprint density at radius 3 is 3.04 bits per heavy atom. The van der Waals surface area contributed by atoms with Crippen molar-refractivity contribution in [2.75, 3.05) is 20.3 Å². The molecule has 1 aliphatic rings. The molecule has 0 amide bonds. The Morgan fingerprint density at radius 2 is 2.30 bits per heavy atom. The molecule has 0 saturated carbocycles. The summed E-state index contributed by atoms with van der Waals surface area (Å²) in [6.45, 7) is 0.928. The number of nitrogens with one attached hydrogen (secondary N) is 1. The summed E-state index contributed by atoms with van der Waals surface area (Å²) >= 11 is 0. The molecule has 0 radical (unpaired) electrons. The van der Waals surface area contributed by atoms with Crippen molar-refractivity contribution in [3.63, 3.8) is 0 Å². The Labute approximate surface area is 134 Å². The predicted octanol–water partition coefficient (Wildman–Crippen LogP) is 2.38. The summed E-state index contributed by atoms with van der Waals surface area (Å²) in [5, 5.41) is 13.5. The predicted molar refractivity (Wildman–Crippen MR) is 83.0 cm³/mol. The summed E-state index contributed by atoms with van der Waals surface area (Å²) in [6, 6.07) is 8.58. The number of ether oxygens (including phenoxy) is 2. The van der Waals surface area contributed by atoms with Crippen LogP contribution in [-0.2, 0) is 0 Å². The number of halogens is 1. The smallest absolute Gasteiger partial charge is 0.141 e. The topological polar surface area (TPSA) is 63.6 Å². The third kappa shape index (κ3) is 3.60. The molecule has 3 rings (SSSR count). The first-order chi connectivity index (χ1) is 11.2. The molecule has 0 fully saturated rings. The Balaban J connectivity index is 1.66. The summed E-state index contributed by atoms with van der Waals surface area (Å²) in [7, 11) is 1.62. The maximum absolute atomic E-state index is 12.9. The lowest BCUT2D eigenvalue weighted by atomic mass is 10.00. The highest BCUT2D eigenvalue weighted by Crippen LogP contribution is 2.34. The minimum absolute atomic E-state index is 0.0831. The summed E-state index contributed by atoms with van der Waals surface area (Å²) in [4.78, 5) is 3.90. The number of benzene rings is 1. The summed E-state index contributed by atoms with van der Waals surface area (Å²) < 4.78 is 23.7. The van der Waals surface area contributed by atoms with Crippen molar-refractivity contribution in [2.24, 2.45) is 0 Å². The number of pyridine rings is 1. The van der Waals surface area contributed by atoms with Crippen LogP contribution in [0.3, 0.4) is 0 Å². The third-order valence-electron chi connectivity index (χ3n) is 3.91. The number of aliphatic hydroxyl groups excluding tert-OH is 1. The van der Waals surface area contributed by atoms with E-state index in [2.05, 4.69) is 10.3 Å². The van der Waals surface area contributed by atoms with Crippen LogP contribution >= 0.6 is 0 Å². The maximum Gasteiger partial charge on any atom is 0.141 e. The normalized spacial score (nSPS) is 18.0. The van der Waals surface area contributed by atoms with Gasteiger partial charge in [0.05, 0.1) is 25.6 Å². The molecule has 2 atom stereocenters. The van der Waals surface area contributed by atoms with E-state index in [1.807, 2.05) is 18.2 Å². The van der Waals surface area contributed by atoms with Crippen LogP contribution in [-0.4, -0.2) is 30.4 Å². The fourth-order valence-corrected chi connectivity index (χ4v) is 2.65. The maximum atomic E-state index is 12.9. The van der Waals surface area contributed by atoms with Crippen molar-refractivity contribution in [2.45, 2.75) is 18.6 Å². The van der Waals surface area contributed by atoms with Crippen LogP contribution in [0.4, 0.5) is 4.39 Å². The van der Waals surface area contributed by atoms with Crippen molar-refractivity contribution in [3.8, 4) is 11.5 Å². The van der Waals surface area contributed by atoms with Gasteiger partial charge >= 0.3 is 0 Å². The molecule has 0 saturated heterocycles. The van der Waals surface area contributed by atoms with Crippen molar-refractivity contribution in [1.82, 2.24) is 10.3 Å². The fraction of sp³-hybridized carbons (Fsp3) is 0.353. The minimum atomic E-state index is -0.792. The number of methoxy groups -OCH3 is 1. The van der Waals surface area contributed by atoms with Gasteiger partial charge in [-0.05, 0) is 18.2 Å². The van der Waals surface area contributed by atoms with E-state index in [-0.39, 0.29) is 6.04 Å². The number of rotatable bonds is 5. The molecule has 2 unspecified atom stereocenters. The summed E-state index contributed by atoms with van der Waals surface area (Å²) in [6.07, 6.45) is 1.12. The Bertz CT molecular complexity index is 663. The average Bonchev–Trinajstić information content (AvgIpc) is 2.59. The molecule has 1 aliphatic heterocycles. The van der Waals surface area contributed by atoms with Crippen LogP contribution in [0.1, 0.15) is 29.8 Å². The monoisotopic (exact) mass is 318 g/mol. The van der Waals surface area contributed by atoms with Gasteiger partial charge in [0.15, 0.2) is 0 Å². The lowest BCUT2D eigenvalue weighted by molar-refractivity contribution is 0.158. The summed E-state index contributed by atoms with van der Waals surface area (Å²) in [5.74, 6) is 1.13. The standard InChI is InChI=1S/C17H19FN2O3/c1-22-12-3-4-13-14(6-7-23-17(13)8-12)20-10-16(21)15-5-2-11(18)9-19-15/h2-5,8-9,14,16,20-21H,6-7,10H2,1H3. The Kier molecular flexibility index (Phi) is 4.73. The largest absolute Gasteiger partial charge is 0.497 e. The van der Waals surface area contributed by atoms with E-state index in [0.717, 1.165) is 29.7 Å². The molecule has 5 nitrogen and oxygen atoms in total. The van der Waals surface area contributed by atoms with Crippen molar-refractivity contribution < 1.29 is 19.0 Å². The molecule has 0 bridgehead atoms. The molecule has 0 aliphatic carbocycles. The number of aliphatic hydroxyl groups is 1. The molecule has 2 N–H and O–H groups in total. The van der Waals surface area contributed by atoms with E-state index in [1.54, 1.807) is 7.11 Å². The second kappa shape index (κ2) is 6.93. The zero-order valence-corrected chi connectivity index (χ0v) is 12.8. The van der Waals surface area contributed by atoms with Crippen LogP contribution < -0.4 is 14.8 Å². The molecule has 1 aromatic carbocycles. The first-order valence-electron chi connectivity index (χ1n) is 7.51. The van der Waals surface area contributed by atoms with Gasteiger partial charge in [-0.2, -0.15) is 0 Å². The second-order valence-corrected chi connectivity index (χ2v) is 5.42. The lowest BCUT2D eigenvalue weighted by Gasteiger charge is -2.28. The molecule has 122 valence electrons. The summed E-state index contributed by atoms with van der Waals surface area (Å²) in [5.41, 5.74) is 1.48. The van der Waals surface area contributed by atoms with Crippen LogP contribution in [0.15, 0.2) is 36.5 Å². The highest BCUT2D eigenvalue weighted by Gasteiger charge is 2.22. The molecular formula is C17H19FN2O3. The second-order valence-electron chi connectivity index (χ2n) is 5.42. The van der Waals surface area contributed by atoms with Gasteiger partial charge in [0, 0.05) is 30.6 Å². The molecule has 2 aromatic rings. The molecule has 2 heterocycles. The van der Waals surface area contributed by atoms with E-state index in [1.165, 1.54) is 12.1 Å². The average molecular weight is 318 g/mol. The Hall–Kier alpha value is -2.18. The minimum Gasteiger partial charge on any atom is -0.497 e. The molecule has 6 heteroatoms. The number of aromatic nitrogens is 1. The highest BCUT2D eigenvalue weighted by molar-refractivity contribution is 5.43. The van der Waals surface area contributed by atoms with Crippen molar-refractivity contribution in [3.05, 3.63) is 53.6 Å². The first-order valence-corrected chi connectivity index (χ1v) is 7.51. The van der Waals surface area contributed by atoms with Gasteiger partial charge in [-0.25, -0.2) is 4.39 Å². The Morgan fingerprint density at radius 1 is 1.43 bits per heavy atom. The molecular weight excluding hydrogens is 299 g/mol. The lowest BCUT2D eigenvalue weighted by Crippen LogP contribution is -2.30. The van der Waals surface area contributed by atoms with Gasteiger partial charge in [-0.1, -0.05) is 6.07 Å². The van der Waals surface area contributed by atoms with Gasteiger partial charge in [0.2, 0.25) is 0 Å². The first kappa shape index (κ1) is 15.7. The SMILES string of the molecule is COc1ccc2c(c1)OCCC2NCC(O)c1ccc(F)cn1. The quantitative estimate of drug-likeness (QED) is 0.886.